The summed E-state index contributed by atoms with van der Waals surface area (Å²) < 4.78 is 37.9. The van der Waals surface area contributed by atoms with Crippen molar-refractivity contribution >= 4 is 0 Å². The van der Waals surface area contributed by atoms with Crippen LogP contribution in [-0.4, -0.2) is 63.8 Å². The quantitative estimate of drug-likeness (QED) is 0.716. The van der Waals surface area contributed by atoms with E-state index in [1.165, 1.54) is 0 Å². The van der Waals surface area contributed by atoms with Crippen LogP contribution in [0.25, 0.3) is 0 Å². The molecule has 0 spiro atoms. The molecule has 2 fully saturated rings. The number of alkyl halides is 3. The van der Waals surface area contributed by atoms with Gasteiger partial charge in [0.2, 0.25) is 0 Å². The van der Waals surface area contributed by atoms with Crippen LogP contribution < -0.4 is 0 Å². The van der Waals surface area contributed by atoms with Crippen LogP contribution in [-0.2, 0) is 0 Å². The number of β-amino-alcohol motifs (C(OH)–C–C–N with tert-alkyl or cyclic N) is 1. The number of aliphatic hydroxyl groups excluding tert-OH is 3. The summed E-state index contributed by atoms with van der Waals surface area (Å²) in [5.41, 5.74) is 0. The molecule has 7 heteroatoms. The Bertz CT molecular complexity index is 345. The molecule has 21 heavy (non-hydrogen) atoms. The highest BCUT2D eigenvalue weighted by molar-refractivity contribution is 4.93. The van der Waals surface area contributed by atoms with Crippen molar-refractivity contribution in [1.82, 2.24) is 4.90 Å². The normalized spacial score (nSPS) is 43.0. The molecule has 1 aliphatic heterocycles. The molecule has 3 N–H and O–H groups in total. The molecule has 1 saturated carbocycles. The van der Waals surface area contributed by atoms with Gasteiger partial charge in [-0.05, 0) is 38.5 Å². The largest absolute Gasteiger partial charge is 0.391 e. The zero-order chi connectivity index (χ0) is 15.8. The molecule has 0 aromatic heterocycles. The molecule has 0 bridgehead atoms. The summed E-state index contributed by atoms with van der Waals surface area (Å²) in [6.45, 7) is 2.58. The number of halogens is 3. The predicted octanol–water partition coefficient (Wildman–Crippen LogP) is 1.14. The van der Waals surface area contributed by atoms with Gasteiger partial charge in [0.25, 0.3) is 0 Å². The lowest BCUT2D eigenvalue weighted by atomic mass is 9.80. The van der Waals surface area contributed by atoms with Gasteiger partial charge in [0.15, 0.2) is 0 Å². The average molecular weight is 311 g/mol. The van der Waals surface area contributed by atoms with E-state index in [1.54, 1.807) is 6.92 Å². The van der Waals surface area contributed by atoms with Crippen LogP contribution in [0.5, 0.6) is 0 Å². The van der Waals surface area contributed by atoms with Gasteiger partial charge in [-0.25, -0.2) is 0 Å². The third-order valence-electron chi connectivity index (χ3n) is 5.04. The highest BCUT2D eigenvalue weighted by Crippen LogP contribution is 2.40. The number of aliphatic hydroxyl groups is 3. The topological polar surface area (TPSA) is 63.9 Å². The van der Waals surface area contributed by atoms with E-state index in [-0.39, 0.29) is 31.3 Å². The van der Waals surface area contributed by atoms with E-state index in [2.05, 4.69) is 0 Å². The van der Waals surface area contributed by atoms with Gasteiger partial charge in [-0.2, -0.15) is 13.2 Å². The van der Waals surface area contributed by atoms with Gasteiger partial charge in [0, 0.05) is 19.1 Å². The van der Waals surface area contributed by atoms with Crippen LogP contribution in [0.1, 0.15) is 32.6 Å². The van der Waals surface area contributed by atoms with Crippen LogP contribution in [0, 0.1) is 11.8 Å². The highest BCUT2D eigenvalue weighted by atomic mass is 19.4. The second-order valence-corrected chi connectivity index (χ2v) is 6.50. The van der Waals surface area contributed by atoms with Crippen molar-refractivity contribution in [2.24, 2.45) is 11.8 Å². The monoisotopic (exact) mass is 311 g/mol. The maximum Gasteiger partial charge on any atom is 0.391 e. The van der Waals surface area contributed by atoms with Crippen molar-refractivity contribution in [2.75, 3.05) is 13.1 Å². The second-order valence-electron chi connectivity index (χ2n) is 6.50. The van der Waals surface area contributed by atoms with Crippen molar-refractivity contribution in [1.29, 1.82) is 0 Å². The average Bonchev–Trinajstić information content (AvgIpc) is 2.42. The minimum Gasteiger partial charge on any atom is -0.389 e. The fraction of sp³-hybridized carbons (Fsp3) is 1.00. The molecule has 2 rings (SSSR count). The van der Waals surface area contributed by atoms with E-state index >= 15 is 0 Å². The van der Waals surface area contributed by atoms with Gasteiger partial charge in [0.1, 0.15) is 6.10 Å². The van der Waals surface area contributed by atoms with E-state index in [0.717, 1.165) is 0 Å². The lowest BCUT2D eigenvalue weighted by molar-refractivity contribution is -0.185. The molecule has 4 nitrogen and oxygen atoms in total. The van der Waals surface area contributed by atoms with Gasteiger partial charge in [-0.3, -0.25) is 4.90 Å². The fourth-order valence-corrected chi connectivity index (χ4v) is 3.49. The third kappa shape index (κ3) is 3.88. The number of rotatable bonds is 2. The standard InChI is InChI=1S/C14H24F3NO3/c1-8-12(20)13(21)11(19)7-18(8)6-9-2-4-10(5-3-9)14(15,16)17/h8-13,19-21H,2-7H2,1H3/t8-,9-,10+,11+,12-,13-/m1/s1. The molecule has 0 radical (unpaired) electrons. The van der Waals surface area contributed by atoms with Gasteiger partial charge < -0.3 is 15.3 Å². The number of piperidine rings is 1. The summed E-state index contributed by atoms with van der Waals surface area (Å²) >= 11 is 0. The molecule has 0 aromatic rings. The minimum atomic E-state index is -4.10. The van der Waals surface area contributed by atoms with Crippen LogP contribution in [0.2, 0.25) is 0 Å². The molecule has 2 aliphatic rings. The van der Waals surface area contributed by atoms with Gasteiger partial charge >= 0.3 is 6.18 Å². The number of nitrogens with zero attached hydrogens (tertiary/aromatic N) is 1. The first-order valence-corrected chi connectivity index (χ1v) is 7.55. The fourth-order valence-electron chi connectivity index (χ4n) is 3.49. The Labute approximate surface area is 122 Å². The SMILES string of the molecule is C[C@@H]1[C@@H](O)[C@H](O)[C@@H](O)CN1C[C@H]1CC[C@@H](C(F)(F)F)CC1. The van der Waals surface area contributed by atoms with Crippen molar-refractivity contribution in [3.63, 3.8) is 0 Å². The summed E-state index contributed by atoms with van der Waals surface area (Å²) in [6.07, 6.45) is -5.95. The van der Waals surface area contributed by atoms with E-state index in [1.807, 2.05) is 4.90 Å². The first kappa shape index (κ1) is 17.0. The van der Waals surface area contributed by atoms with Crippen LogP contribution in [0.15, 0.2) is 0 Å². The molecule has 0 amide bonds. The van der Waals surface area contributed by atoms with Crippen LogP contribution in [0.3, 0.4) is 0 Å². The van der Waals surface area contributed by atoms with Gasteiger partial charge in [0.05, 0.1) is 18.1 Å². The van der Waals surface area contributed by atoms with E-state index < -0.39 is 30.4 Å². The third-order valence-corrected chi connectivity index (χ3v) is 5.04. The van der Waals surface area contributed by atoms with Crippen molar-refractivity contribution in [3.8, 4) is 0 Å². The molecule has 124 valence electrons. The first-order valence-electron chi connectivity index (χ1n) is 7.55. The van der Waals surface area contributed by atoms with Crippen molar-refractivity contribution in [3.05, 3.63) is 0 Å². The Balaban J connectivity index is 1.86. The van der Waals surface area contributed by atoms with Gasteiger partial charge in [-0.15, -0.1) is 0 Å². The Hall–Kier alpha value is -0.370. The predicted molar refractivity (Wildman–Crippen MR) is 70.6 cm³/mol. The number of hydrogen-bond acceptors (Lipinski definition) is 4. The van der Waals surface area contributed by atoms with Crippen molar-refractivity contribution in [2.45, 2.75) is 63.1 Å². The molecule has 4 atom stereocenters. The summed E-state index contributed by atoms with van der Waals surface area (Å²) in [4.78, 5) is 1.88. The maximum absolute atomic E-state index is 12.6. The second kappa shape index (κ2) is 6.40. The summed E-state index contributed by atoms with van der Waals surface area (Å²) in [7, 11) is 0. The summed E-state index contributed by atoms with van der Waals surface area (Å²) in [6, 6.07) is -0.302. The molecular formula is C14H24F3NO3. The van der Waals surface area contributed by atoms with E-state index in [9.17, 15) is 28.5 Å². The Morgan fingerprint density at radius 1 is 1.00 bits per heavy atom. The van der Waals surface area contributed by atoms with Crippen molar-refractivity contribution < 1.29 is 28.5 Å². The number of hydrogen-bond donors (Lipinski definition) is 3. The first-order chi connectivity index (χ1) is 9.70. The number of likely N-dealkylation sites (tertiary alicyclic amines) is 1. The molecule has 1 heterocycles. The Morgan fingerprint density at radius 3 is 2.10 bits per heavy atom. The lowest BCUT2D eigenvalue weighted by Crippen LogP contribution is -2.60. The smallest absolute Gasteiger partial charge is 0.389 e. The summed E-state index contributed by atoms with van der Waals surface area (Å²) in [5.74, 6) is -1.04. The highest BCUT2D eigenvalue weighted by Gasteiger charge is 2.43. The van der Waals surface area contributed by atoms with Crippen LogP contribution >= 0.6 is 0 Å². The summed E-state index contributed by atoms with van der Waals surface area (Å²) in [5, 5.41) is 29.2. The molecule has 1 saturated heterocycles. The zero-order valence-corrected chi connectivity index (χ0v) is 12.1. The molecule has 0 aromatic carbocycles. The Kier molecular flexibility index (Phi) is 5.18. The lowest BCUT2D eigenvalue weighted by Gasteiger charge is -2.44. The maximum atomic E-state index is 12.6. The van der Waals surface area contributed by atoms with E-state index in [0.29, 0.717) is 19.4 Å². The molecule has 0 unspecified atom stereocenters. The van der Waals surface area contributed by atoms with E-state index in [4.69, 9.17) is 0 Å². The molecule has 1 aliphatic carbocycles. The minimum absolute atomic E-state index is 0.153. The zero-order valence-electron chi connectivity index (χ0n) is 12.1. The molecular weight excluding hydrogens is 287 g/mol. The van der Waals surface area contributed by atoms with Gasteiger partial charge in [-0.1, -0.05) is 0 Å². The van der Waals surface area contributed by atoms with Crippen LogP contribution in [0.4, 0.5) is 13.2 Å². The Morgan fingerprint density at radius 2 is 1.57 bits per heavy atom.